The summed E-state index contributed by atoms with van der Waals surface area (Å²) in [4.78, 5) is 0. The van der Waals surface area contributed by atoms with Gasteiger partial charge in [0, 0.05) is 19.1 Å². The molecule has 0 bridgehead atoms. The van der Waals surface area contributed by atoms with Gasteiger partial charge >= 0.3 is 0 Å². The molecule has 1 aromatic rings. The van der Waals surface area contributed by atoms with Crippen LogP contribution in [0.25, 0.3) is 0 Å². The summed E-state index contributed by atoms with van der Waals surface area (Å²) in [5.41, 5.74) is 1.06. The van der Waals surface area contributed by atoms with E-state index in [0.717, 1.165) is 44.3 Å². The van der Waals surface area contributed by atoms with Gasteiger partial charge in [-0.3, -0.25) is 0 Å². The summed E-state index contributed by atoms with van der Waals surface area (Å²) in [5.74, 6) is 0. The Bertz CT molecular complexity index is 521. The molecule has 0 saturated heterocycles. The van der Waals surface area contributed by atoms with Gasteiger partial charge in [0.25, 0.3) is 10.0 Å². The molecule has 1 N–H and O–H groups in total. The van der Waals surface area contributed by atoms with Crippen LogP contribution in [0, 0.1) is 0 Å². The Kier molecular flexibility index (Phi) is 5.60. The third-order valence-corrected chi connectivity index (χ3v) is 6.76. The molecule has 1 heterocycles. The predicted octanol–water partition coefficient (Wildman–Crippen LogP) is 2.81. The molecule has 0 aromatic carbocycles. The van der Waals surface area contributed by atoms with Crippen molar-refractivity contribution < 1.29 is 8.42 Å². The molecule has 1 aliphatic rings. The van der Waals surface area contributed by atoms with Crippen LogP contribution in [0.5, 0.6) is 0 Å². The summed E-state index contributed by atoms with van der Waals surface area (Å²) in [6.45, 7) is 6.49. The first-order valence-electron chi connectivity index (χ1n) is 7.39. The predicted molar refractivity (Wildman–Crippen MR) is 83.5 cm³/mol. The van der Waals surface area contributed by atoms with E-state index in [9.17, 15) is 8.42 Å². The fraction of sp³-hybridized carbons (Fsp3) is 0.714. The Balaban J connectivity index is 2.08. The summed E-state index contributed by atoms with van der Waals surface area (Å²) >= 11 is 1.34. The van der Waals surface area contributed by atoms with Gasteiger partial charge in [0.2, 0.25) is 0 Å². The second-order valence-electron chi connectivity index (χ2n) is 5.30. The molecule has 0 atom stereocenters. The molecule has 1 fully saturated rings. The van der Waals surface area contributed by atoms with Crippen molar-refractivity contribution in [2.24, 2.45) is 0 Å². The lowest BCUT2D eigenvalue weighted by molar-refractivity contribution is 0.404. The van der Waals surface area contributed by atoms with Gasteiger partial charge in [-0.1, -0.05) is 13.8 Å². The second kappa shape index (κ2) is 7.02. The standard InChI is InChI=1S/C14H24N2O2S2/c1-3-7-15-10-12-9-14(19-11-12)20(17,18)16(8-4-2)13-5-6-13/h9,11,13,15H,3-8,10H2,1-2H3. The summed E-state index contributed by atoms with van der Waals surface area (Å²) in [6, 6.07) is 2.07. The minimum absolute atomic E-state index is 0.240. The largest absolute Gasteiger partial charge is 0.313 e. The second-order valence-corrected chi connectivity index (χ2v) is 8.33. The van der Waals surface area contributed by atoms with E-state index in [1.807, 2.05) is 18.4 Å². The first kappa shape index (κ1) is 15.9. The normalized spacial score (nSPS) is 15.9. The third-order valence-electron chi connectivity index (χ3n) is 3.35. The number of nitrogens with one attached hydrogen (secondary N) is 1. The van der Waals surface area contributed by atoms with E-state index in [2.05, 4.69) is 12.2 Å². The Morgan fingerprint density at radius 2 is 2.10 bits per heavy atom. The molecule has 1 aromatic heterocycles. The summed E-state index contributed by atoms with van der Waals surface area (Å²) in [5, 5.41) is 5.25. The monoisotopic (exact) mass is 316 g/mol. The van der Waals surface area contributed by atoms with Crippen LogP contribution in [-0.4, -0.2) is 31.9 Å². The van der Waals surface area contributed by atoms with E-state index < -0.39 is 10.0 Å². The zero-order chi connectivity index (χ0) is 14.6. The molecular formula is C14H24N2O2S2. The molecule has 20 heavy (non-hydrogen) atoms. The highest BCUT2D eigenvalue weighted by Crippen LogP contribution is 2.34. The van der Waals surface area contributed by atoms with Gasteiger partial charge in [0.05, 0.1) is 0 Å². The van der Waals surface area contributed by atoms with Crippen LogP contribution in [0.4, 0.5) is 0 Å². The van der Waals surface area contributed by atoms with Crippen LogP contribution in [0.15, 0.2) is 15.7 Å². The maximum absolute atomic E-state index is 12.7. The lowest BCUT2D eigenvalue weighted by Crippen LogP contribution is -2.33. The molecule has 1 aliphatic carbocycles. The first-order valence-corrected chi connectivity index (χ1v) is 9.71. The zero-order valence-electron chi connectivity index (χ0n) is 12.3. The van der Waals surface area contributed by atoms with E-state index in [4.69, 9.17) is 0 Å². The van der Waals surface area contributed by atoms with Crippen molar-refractivity contribution in [3.63, 3.8) is 0 Å². The van der Waals surface area contributed by atoms with Gasteiger partial charge < -0.3 is 5.32 Å². The molecule has 2 rings (SSSR count). The summed E-state index contributed by atoms with van der Waals surface area (Å²) < 4.78 is 27.5. The Hall–Kier alpha value is -0.430. The topological polar surface area (TPSA) is 49.4 Å². The van der Waals surface area contributed by atoms with Crippen molar-refractivity contribution in [1.82, 2.24) is 9.62 Å². The number of sulfonamides is 1. The van der Waals surface area contributed by atoms with Crippen LogP contribution in [0.2, 0.25) is 0 Å². The van der Waals surface area contributed by atoms with Gasteiger partial charge in [-0.15, -0.1) is 11.3 Å². The van der Waals surface area contributed by atoms with E-state index in [0.29, 0.717) is 10.8 Å². The van der Waals surface area contributed by atoms with Crippen molar-refractivity contribution in [3.8, 4) is 0 Å². The SMILES string of the molecule is CCCNCc1csc(S(=O)(=O)N(CCC)C2CC2)c1. The highest BCUT2D eigenvalue weighted by atomic mass is 32.2. The molecule has 6 heteroatoms. The molecule has 0 aliphatic heterocycles. The zero-order valence-corrected chi connectivity index (χ0v) is 13.9. The van der Waals surface area contributed by atoms with E-state index in [1.54, 1.807) is 4.31 Å². The van der Waals surface area contributed by atoms with E-state index >= 15 is 0 Å². The number of nitrogens with zero attached hydrogens (tertiary/aromatic N) is 1. The van der Waals surface area contributed by atoms with Crippen molar-refractivity contribution in [2.45, 2.75) is 56.3 Å². The Morgan fingerprint density at radius 1 is 1.35 bits per heavy atom. The minimum Gasteiger partial charge on any atom is -0.313 e. The molecule has 114 valence electrons. The van der Waals surface area contributed by atoms with Gasteiger partial charge in [0.1, 0.15) is 4.21 Å². The highest BCUT2D eigenvalue weighted by molar-refractivity contribution is 7.91. The first-order chi connectivity index (χ1) is 9.59. The van der Waals surface area contributed by atoms with Gasteiger partial charge in [-0.25, -0.2) is 8.42 Å². The average molecular weight is 316 g/mol. The van der Waals surface area contributed by atoms with Crippen LogP contribution >= 0.6 is 11.3 Å². The molecular weight excluding hydrogens is 292 g/mol. The highest BCUT2D eigenvalue weighted by Gasteiger charge is 2.37. The van der Waals surface area contributed by atoms with E-state index in [1.165, 1.54) is 11.3 Å². The van der Waals surface area contributed by atoms with Crippen LogP contribution in [0.3, 0.4) is 0 Å². The summed E-state index contributed by atoms with van der Waals surface area (Å²) in [7, 11) is -3.29. The maximum Gasteiger partial charge on any atom is 0.252 e. The molecule has 0 amide bonds. The van der Waals surface area contributed by atoms with E-state index in [-0.39, 0.29) is 6.04 Å². The van der Waals surface area contributed by atoms with Gasteiger partial charge in [-0.05, 0) is 49.2 Å². The van der Waals surface area contributed by atoms with Crippen molar-refractivity contribution in [1.29, 1.82) is 0 Å². The molecule has 4 nitrogen and oxygen atoms in total. The minimum atomic E-state index is -3.29. The van der Waals surface area contributed by atoms with Crippen molar-refractivity contribution in [2.75, 3.05) is 13.1 Å². The number of thiophene rings is 1. The maximum atomic E-state index is 12.7. The quantitative estimate of drug-likeness (QED) is 0.713. The van der Waals surface area contributed by atoms with Crippen molar-refractivity contribution in [3.05, 3.63) is 17.0 Å². The van der Waals surface area contributed by atoms with Crippen LogP contribution < -0.4 is 5.32 Å². The van der Waals surface area contributed by atoms with Crippen molar-refractivity contribution >= 4 is 21.4 Å². The third kappa shape index (κ3) is 3.81. The smallest absolute Gasteiger partial charge is 0.252 e. The molecule has 0 spiro atoms. The van der Waals surface area contributed by atoms with Gasteiger partial charge in [0.15, 0.2) is 0 Å². The number of hydrogen-bond acceptors (Lipinski definition) is 4. The molecule has 0 unspecified atom stereocenters. The fourth-order valence-electron chi connectivity index (χ4n) is 2.19. The lowest BCUT2D eigenvalue weighted by atomic mass is 10.3. The van der Waals surface area contributed by atoms with Gasteiger partial charge in [-0.2, -0.15) is 4.31 Å². The summed E-state index contributed by atoms with van der Waals surface area (Å²) in [6.07, 6.45) is 3.97. The Labute approximate surface area is 126 Å². The molecule has 0 radical (unpaired) electrons. The lowest BCUT2D eigenvalue weighted by Gasteiger charge is -2.20. The van der Waals surface area contributed by atoms with Crippen LogP contribution in [-0.2, 0) is 16.6 Å². The average Bonchev–Trinajstić information content (AvgIpc) is 3.13. The number of rotatable bonds is 9. The Morgan fingerprint density at radius 3 is 2.70 bits per heavy atom. The number of hydrogen-bond donors (Lipinski definition) is 1. The fourth-order valence-corrected chi connectivity index (χ4v) is 5.30. The van der Waals surface area contributed by atoms with Crippen LogP contribution in [0.1, 0.15) is 45.1 Å². The molecule has 1 saturated carbocycles.